The van der Waals surface area contributed by atoms with E-state index in [1.165, 1.54) is 0 Å². The number of sulfonamides is 1. The molecule has 5 rings (SSSR count). The van der Waals surface area contributed by atoms with E-state index in [2.05, 4.69) is 21.6 Å². The fraction of sp³-hybridized carbons (Fsp3) is 0.571. The highest BCUT2D eigenvalue weighted by atomic mass is 32.2. The average molecular weight is 462 g/mol. The molecule has 3 heterocycles. The minimum atomic E-state index is -3.49. The number of nitrogens with zero attached hydrogens (tertiary/aromatic N) is 5. The number of aromatic nitrogens is 4. The van der Waals surface area contributed by atoms with Gasteiger partial charge in [0.1, 0.15) is 0 Å². The number of piperidine rings is 1. The van der Waals surface area contributed by atoms with Crippen LogP contribution in [0.5, 0.6) is 0 Å². The lowest BCUT2D eigenvalue weighted by Gasteiger charge is -2.25. The second kappa shape index (κ2) is 8.22. The van der Waals surface area contributed by atoms with Crippen LogP contribution in [0.2, 0.25) is 0 Å². The second-order valence-electron chi connectivity index (χ2n) is 8.28. The Morgan fingerprint density at radius 3 is 2.68 bits per heavy atom. The summed E-state index contributed by atoms with van der Waals surface area (Å²) in [5.41, 5.74) is 1.62. The lowest BCUT2D eigenvalue weighted by molar-refractivity contribution is 0.346. The molecule has 0 spiro atoms. The predicted molar refractivity (Wildman–Crippen MR) is 119 cm³/mol. The topological polar surface area (TPSA) is 94.1 Å². The van der Waals surface area contributed by atoms with Crippen LogP contribution >= 0.6 is 11.8 Å². The molecule has 166 valence electrons. The zero-order chi connectivity index (χ0) is 21.6. The van der Waals surface area contributed by atoms with Gasteiger partial charge in [-0.2, -0.15) is 9.29 Å². The number of imidazole rings is 1. The molecule has 2 aromatic heterocycles. The molecule has 31 heavy (non-hydrogen) atoms. The van der Waals surface area contributed by atoms with Crippen molar-refractivity contribution < 1.29 is 12.9 Å². The highest BCUT2D eigenvalue weighted by Crippen LogP contribution is 2.40. The Morgan fingerprint density at radius 2 is 1.97 bits per heavy atom. The van der Waals surface area contributed by atoms with E-state index in [-0.39, 0.29) is 5.25 Å². The van der Waals surface area contributed by atoms with Crippen molar-refractivity contribution in [3.8, 4) is 0 Å². The SMILES string of the molecule is CCn1c(SC(C)c2nc(C3CC3)no2)nc2cc(S(=O)(=O)N3CCCCC3)ccc21. The third-order valence-corrected chi connectivity index (χ3v) is 8.96. The first-order chi connectivity index (χ1) is 15.0. The fourth-order valence-corrected chi connectivity index (χ4v) is 6.58. The monoisotopic (exact) mass is 461 g/mol. The number of rotatable bonds is 7. The molecule has 0 N–H and O–H groups in total. The van der Waals surface area contributed by atoms with E-state index < -0.39 is 10.0 Å². The van der Waals surface area contributed by atoms with Gasteiger partial charge in [-0.05, 0) is 57.7 Å². The minimum Gasteiger partial charge on any atom is -0.338 e. The molecule has 1 aliphatic carbocycles. The van der Waals surface area contributed by atoms with E-state index in [9.17, 15) is 8.42 Å². The quantitative estimate of drug-likeness (QED) is 0.483. The summed E-state index contributed by atoms with van der Waals surface area (Å²) in [6.45, 7) is 6.01. The lowest BCUT2D eigenvalue weighted by atomic mass is 10.2. The van der Waals surface area contributed by atoms with E-state index in [0.29, 0.717) is 35.3 Å². The van der Waals surface area contributed by atoms with Crippen molar-refractivity contribution in [2.45, 2.75) is 73.7 Å². The van der Waals surface area contributed by atoms with Crippen LogP contribution in [-0.2, 0) is 16.6 Å². The van der Waals surface area contributed by atoms with Gasteiger partial charge in [0, 0.05) is 25.6 Å². The summed E-state index contributed by atoms with van der Waals surface area (Å²) in [6.07, 6.45) is 5.20. The Morgan fingerprint density at radius 1 is 1.19 bits per heavy atom. The van der Waals surface area contributed by atoms with Crippen LogP contribution in [0.3, 0.4) is 0 Å². The summed E-state index contributed by atoms with van der Waals surface area (Å²) in [4.78, 5) is 9.65. The molecule has 1 aliphatic heterocycles. The molecule has 3 aromatic rings. The Kier molecular flexibility index (Phi) is 5.56. The van der Waals surface area contributed by atoms with E-state index >= 15 is 0 Å². The molecule has 0 bridgehead atoms. The van der Waals surface area contributed by atoms with E-state index in [4.69, 9.17) is 9.51 Å². The summed E-state index contributed by atoms with van der Waals surface area (Å²) >= 11 is 1.56. The average Bonchev–Trinajstić information content (AvgIpc) is 3.40. The van der Waals surface area contributed by atoms with Crippen molar-refractivity contribution in [3.05, 3.63) is 29.9 Å². The molecule has 1 aromatic carbocycles. The van der Waals surface area contributed by atoms with Gasteiger partial charge >= 0.3 is 0 Å². The van der Waals surface area contributed by atoms with Crippen molar-refractivity contribution >= 4 is 32.8 Å². The summed E-state index contributed by atoms with van der Waals surface area (Å²) in [5, 5.41) is 4.89. The molecule has 1 unspecified atom stereocenters. The zero-order valence-electron chi connectivity index (χ0n) is 17.8. The van der Waals surface area contributed by atoms with Crippen molar-refractivity contribution in [3.63, 3.8) is 0 Å². The first kappa shape index (κ1) is 21.0. The standard InChI is InChI=1S/C21H27N5O3S2/c1-3-26-18-10-9-16(31(27,28)25-11-5-4-6-12-25)13-17(18)22-21(26)30-14(2)20-23-19(24-29-20)15-7-8-15/h9-10,13-15H,3-8,11-12H2,1-2H3. The second-order valence-corrected chi connectivity index (χ2v) is 11.5. The number of benzene rings is 1. The molecule has 2 fully saturated rings. The third kappa shape index (κ3) is 4.01. The fourth-order valence-electron chi connectivity index (χ4n) is 4.03. The molecular weight excluding hydrogens is 434 g/mol. The van der Waals surface area contributed by atoms with Crippen molar-refractivity contribution in [1.29, 1.82) is 0 Å². The third-order valence-electron chi connectivity index (χ3n) is 5.98. The molecule has 0 radical (unpaired) electrons. The van der Waals surface area contributed by atoms with Crippen LogP contribution in [0.4, 0.5) is 0 Å². The van der Waals surface area contributed by atoms with Gasteiger partial charge in [0.25, 0.3) is 0 Å². The molecular formula is C21H27N5O3S2. The Balaban J connectivity index is 1.43. The van der Waals surface area contributed by atoms with Gasteiger partial charge in [0.05, 0.1) is 21.2 Å². The van der Waals surface area contributed by atoms with Crippen LogP contribution in [0, 0.1) is 0 Å². The number of hydrogen-bond donors (Lipinski definition) is 0. The summed E-state index contributed by atoms with van der Waals surface area (Å²) in [6, 6.07) is 5.28. The van der Waals surface area contributed by atoms with Gasteiger partial charge in [-0.1, -0.05) is 23.3 Å². The summed E-state index contributed by atoms with van der Waals surface area (Å²) in [5.74, 6) is 1.86. The van der Waals surface area contributed by atoms with Crippen LogP contribution in [0.15, 0.2) is 32.8 Å². The number of thioether (sulfide) groups is 1. The molecule has 1 saturated carbocycles. The van der Waals surface area contributed by atoms with Crippen molar-refractivity contribution in [2.75, 3.05) is 13.1 Å². The molecule has 10 heteroatoms. The Bertz CT molecular complexity index is 1190. The van der Waals surface area contributed by atoms with E-state index in [1.54, 1.807) is 28.2 Å². The van der Waals surface area contributed by atoms with Gasteiger partial charge < -0.3 is 9.09 Å². The zero-order valence-corrected chi connectivity index (χ0v) is 19.5. The molecule has 8 nitrogen and oxygen atoms in total. The van der Waals surface area contributed by atoms with Gasteiger partial charge in [-0.15, -0.1) is 0 Å². The molecule has 2 aliphatic rings. The summed E-state index contributed by atoms with van der Waals surface area (Å²) < 4.78 is 35.3. The minimum absolute atomic E-state index is 0.0429. The smallest absolute Gasteiger partial charge is 0.243 e. The maximum absolute atomic E-state index is 13.1. The molecule has 1 atom stereocenters. The van der Waals surface area contributed by atoms with Gasteiger partial charge in [-0.25, -0.2) is 13.4 Å². The van der Waals surface area contributed by atoms with Crippen LogP contribution < -0.4 is 0 Å². The summed E-state index contributed by atoms with van der Waals surface area (Å²) in [7, 11) is -3.49. The Hall–Kier alpha value is -1.91. The van der Waals surface area contributed by atoms with E-state index in [1.807, 2.05) is 13.0 Å². The van der Waals surface area contributed by atoms with Crippen molar-refractivity contribution in [2.24, 2.45) is 0 Å². The maximum atomic E-state index is 13.1. The normalized spacial score (nSPS) is 19.2. The largest absolute Gasteiger partial charge is 0.338 e. The first-order valence-corrected chi connectivity index (χ1v) is 13.3. The number of aryl methyl sites for hydroxylation is 1. The van der Waals surface area contributed by atoms with Gasteiger partial charge in [-0.3, -0.25) is 0 Å². The maximum Gasteiger partial charge on any atom is 0.243 e. The molecule has 1 saturated heterocycles. The van der Waals surface area contributed by atoms with Gasteiger partial charge in [0.15, 0.2) is 11.0 Å². The highest BCUT2D eigenvalue weighted by molar-refractivity contribution is 7.99. The predicted octanol–water partition coefficient (Wildman–Crippen LogP) is 4.34. The molecule has 0 amide bonds. The van der Waals surface area contributed by atoms with Crippen LogP contribution in [-0.4, -0.2) is 45.5 Å². The Labute approximate surface area is 186 Å². The van der Waals surface area contributed by atoms with E-state index in [0.717, 1.165) is 55.1 Å². The van der Waals surface area contributed by atoms with Crippen molar-refractivity contribution in [1.82, 2.24) is 24.0 Å². The first-order valence-electron chi connectivity index (χ1n) is 11.0. The van der Waals surface area contributed by atoms with Crippen LogP contribution in [0.1, 0.15) is 68.8 Å². The van der Waals surface area contributed by atoms with Gasteiger partial charge in [0.2, 0.25) is 15.9 Å². The van der Waals surface area contributed by atoms with Crippen LogP contribution in [0.25, 0.3) is 11.0 Å². The number of hydrogen-bond acceptors (Lipinski definition) is 7. The number of fused-ring (bicyclic) bond motifs is 1. The highest BCUT2D eigenvalue weighted by Gasteiger charge is 2.30. The lowest BCUT2D eigenvalue weighted by Crippen LogP contribution is -2.35.